The van der Waals surface area contributed by atoms with Gasteiger partial charge in [0.1, 0.15) is 24.2 Å². The number of nitriles is 1. The molecular formula is C33H26F4N6O4. The molecule has 1 aromatic heterocycles. The summed E-state index contributed by atoms with van der Waals surface area (Å²) in [6, 6.07) is 17.2. The van der Waals surface area contributed by atoms with E-state index in [1.165, 1.54) is 21.7 Å². The van der Waals surface area contributed by atoms with Crippen molar-refractivity contribution in [3.63, 3.8) is 0 Å². The first-order valence-electron chi connectivity index (χ1n) is 14.3. The minimum absolute atomic E-state index is 0.00131. The maximum atomic E-state index is 14.3. The van der Waals surface area contributed by atoms with Crippen LogP contribution in [-0.2, 0) is 15.8 Å². The number of carbonyl (C=O) groups is 4. The van der Waals surface area contributed by atoms with Gasteiger partial charge in [-0.25, -0.2) is 9.07 Å². The van der Waals surface area contributed by atoms with Gasteiger partial charge in [0.25, 0.3) is 17.7 Å². The number of carbonyl (C=O) groups excluding carboxylic acids is 4. The summed E-state index contributed by atoms with van der Waals surface area (Å²) in [4.78, 5) is 56.2. The van der Waals surface area contributed by atoms with E-state index in [1.807, 2.05) is 0 Å². The summed E-state index contributed by atoms with van der Waals surface area (Å²) in [6.07, 6.45) is -4.74. The molecule has 0 bridgehead atoms. The Bertz CT molecular complexity index is 1900. The third-order valence-electron chi connectivity index (χ3n) is 7.67. The fourth-order valence-corrected chi connectivity index (χ4v) is 5.52. The van der Waals surface area contributed by atoms with Crippen LogP contribution in [0.3, 0.4) is 0 Å². The first-order chi connectivity index (χ1) is 22.4. The smallest absolute Gasteiger partial charge is 0.339 e. The van der Waals surface area contributed by atoms with E-state index in [0.717, 1.165) is 37.3 Å². The van der Waals surface area contributed by atoms with Gasteiger partial charge < -0.3 is 5.32 Å². The van der Waals surface area contributed by atoms with Crippen LogP contribution in [0.25, 0.3) is 5.69 Å². The average Bonchev–Trinajstić information content (AvgIpc) is 3.44. The number of hydrogen-bond donors (Lipinski definition) is 1. The predicted molar refractivity (Wildman–Crippen MR) is 160 cm³/mol. The molecule has 14 heteroatoms. The van der Waals surface area contributed by atoms with Crippen molar-refractivity contribution in [2.45, 2.75) is 32.0 Å². The lowest BCUT2D eigenvalue weighted by Crippen LogP contribution is -2.55. The molecule has 0 fully saturated rings. The second-order valence-corrected chi connectivity index (χ2v) is 10.5. The summed E-state index contributed by atoms with van der Waals surface area (Å²) in [5.41, 5.74) is -1.03. The molecule has 5 rings (SSSR count). The molecule has 0 unspecified atom stereocenters. The van der Waals surface area contributed by atoms with Crippen molar-refractivity contribution >= 4 is 29.4 Å². The van der Waals surface area contributed by atoms with Crippen LogP contribution in [0.15, 0.2) is 78.9 Å². The number of aromatic nitrogens is 2. The average molecular weight is 647 g/mol. The van der Waals surface area contributed by atoms with Gasteiger partial charge in [-0.3, -0.25) is 29.0 Å². The fourth-order valence-electron chi connectivity index (χ4n) is 5.52. The molecule has 0 radical (unpaired) electrons. The maximum absolute atomic E-state index is 14.3. The number of fused-ring (bicyclic) bond motifs is 1. The van der Waals surface area contributed by atoms with Gasteiger partial charge in [0.05, 0.1) is 17.3 Å². The van der Waals surface area contributed by atoms with Gasteiger partial charge >= 0.3 is 6.18 Å². The molecule has 0 spiro atoms. The number of nitrogens with one attached hydrogen (secondary N) is 1. The quantitative estimate of drug-likeness (QED) is 0.226. The standard InChI is InChI=1S/C33H26F4N6O4/c1-3-41-30-26(28(32(47)42(17-16-38)19(2)44)40-43(30)24-10-5-4-6-11-24)25(20-12-14-23(34)15-13-20)27(31(41)46)39-29(45)21-8-7-9-22(18-21)33(35,36)37/h4-15,18,25,27H,3,17H2,1-2H3,(H,39,45)/t25-,27-/m0/s1. The van der Waals surface area contributed by atoms with Crippen LogP contribution < -0.4 is 10.2 Å². The zero-order valence-electron chi connectivity index (χ0n) is 25.0. The lowest BCUT2D eigenvalue weighted by Gasteiger charge is -2.38. The number of rotatable bonds is 7. The molecule has 0 saturated carbocycles. The van der Waals surface area contributed by atoms with Crippen molar-refractivity contribution in [2.75, 3.05) is 18.0 Å². The second-order valence-electron chi connectivity index (χ2n) is 10.5. The van der Waals surface area contributed by atoms with Crippen LogP contribution >= 0.6 is 0 Å². The Hall–Kier alpha value is -5.84. The van der Waals surface area contributed by atoms with E-state index >= 15 is 0 Å². The molecule has 4 aromatic rings. The molecule has 1 N–H and O–H groups in total. The molecule has 0 saturated heterocycles. The van der Waals surface area contributed by atoms with Gasteiger partial charge in [-0.2, -0.15) is 23.5 Å². The highest BCUT2D eigenvalue weighted by Crippen LogP contribution is 2.44. The number of alkyl halides is 3. The number of likely N-dealkylation sites (N-methyl/N-ethyl adjacent to an activating group) is 1. The number of amides is 4. The number of nitrogens with zero attached hydrogens (tertiary/aromatic N) is 5. The van der Waals surface area contributed by atoms with Crippen LogP contribution in [0.4, 0.5) is 23.4 Å². The molecular weight excluding hydrogens is 620 g/mol. The van der Waals surface area contributed by atoms with E-state index in [2.05, 4.69) is 10.4 Å². The van der Waals surface area contributed by atoms with E-state index in [9.17, 15) is 42.0 Å². The van der Waals surface area contributed by atoms with Gasteiger partial charge in [0.2, 0.25) is 5.91 Å². The van der Waals surface area contributed by atoms with Gasteiger partial charge in [-0.05, 0) is 55.0 Å². The molecule has 2 heterocycles. The number of anilines is 1. The summed E-state index contributed by atoms with van der Waals surface area (Å²) < 4.78 is 55.8. The molecule has 240 valence electrons. The molecule has 1 aliphatic heterocycles. The van der Waals surface area contributed by atoms with E-state index in [4.69, 9.17) is 0 Å². The third kappa shape index (κ3) is 6.19. The monoisotopic (exact) mass is 646 g/mol. The van der Waals surface area contributed by atoms with Crippen molar-refractivity contribution in [3.05, 3.63) is 113 Å². The first kappa shape index (κ1) is 32.6. The molecule has 10 nitrogen and oxygen atoms in total. The van der Waals surface area contributed by atoms with Crippen molar-refractivity contribution in [1.82, 2.24) is 20.0 Å². The number of hydrogen-bond acceptors (Lipinski definition) is 6. The first-order valence-corrected chi connectivity index (χ1v) is 14.3. The molecule has 1 aliphatic rings. The molecule has 2 atom stereocenters. The topological polar surface area (TPSA) is 128 Å². The van der Waals surface area contributed by atoms with Crippen LogP contribution in [0.1, 0.15) is 57.3 Å². The Morgan fingerprint density at radius 3 is 2.30 bits per heavy atom. The Morgan fingerprint density at radius 1 is 1.02 bits per heavy atom. The van der Waals surface area contributed by atoms with E-state index < -0.39 is 59.7 Å². The Balaban J connectivity index is 1.77. The van der Waals surface area contributed by atoms with Gasteiger partial charge in [-0.15, -0.1) is 0 Å². The maximum Gasteiger partial charge on any atom is 0.416 e. The summed E-state index contributed by atoms with van der Waals surface area (Å²) in [7, 11) is 0. The SMILES string of the molecule is CCN1C(=O)[C@@H](NC(=O)c2cccc(C(F)(F)F)c2)[C@@H](c2ccc(F)cc2)c2c(C(=O)N(CC#N)C(C)=O)nn(-c3ccccc3)c21. The Morgan fingerprint density at radius 2 is 1.70 bits per heavy atom. The molecule has 47 heavy (non-hydrogen) atoms. The summed E-state index contributed by atoms with van der Waals surface area (Å²) in [6.45, 7) is 2.10. The van der Waals surface area contributed by atoms with Crippen molar-refractivity contribution in [3.8, 4) is 11.8 Å². The number of imide groups is 1. The zero-order chi connectivity index (χ0) is 34.0. The third-order valence-corrected chi connectivity index (χ3v) is 7.67. The normalized spacial score (nSPS) is 15.9. The second kappa shape index (κ2) is 12.9. The minimum Gasteiger partial charge on any atom is -0.339 e. The highest BCUT2D eigenvalue weighted by Gasteiger charge is 2.48. The van der Waals surface area contributed by atoms with Gasteiger partial charge in [0, 0.05) is 30.5 Å². The predicted octanol–water partition coefficient (Wildman–Crippen LogP) is 4.84. The van der Waals surface area contributed by atoms with E-state index in [0.29, 0.717) is 16.7 Å². The van der Waals surface area contributed by atoms with Crippen LogP contribution in [0.5, 0.6) is 0 Å². The Kier molecular flexibility index (Phi) is 8.92. The highest BCUT2D eigenvalue weighted by atomic mass is 19.4. The van der Waals surface area contributed by atoms with Crippen molar-refractivity contribution in [2.24, 2.45) is 0 Å². The highest BCUT2D eigenvalue weighted by molar-refractivity contribution is 6.09. The van der Waals surface area contributed by atoms with Crippen LogP contribution in [0, 0.1) is 17.1 Å². The minimum atomic E-state index is -4.74. The van der Waals surface area contributed by atoms with E-state index in [-0.39, 0.29) is 34.7 Å². The number of halogens is 4. The summed E-state index contributed by atoms with van der Waals surface area (Å²) in [5.74, 6) is -5.18. The van der Waals surface area contributed by atoms with Gasteiger partial charge in [0.15, 0.2) is 5.69 Å². The largest absolute Gasteiger partial charge is 0.416 e. The van der Waals surface area contributed by atoms with Crippen LogP contribution in [-0.4, -0.2) is 57.4 Å². The van der Waals surface area contributed by atoms with Crippen molar-refractivity contribution < 1.29 is 36.7 Å². The zero-order valence-corrected chi connectivity index (χ0v) is 25.0. The Labute approximate surface area is 265 Å². The van der Waals surface area contributed by atoms with Crippen LogP contribution in [0.2, 0.25) is 0 Å². The fraction of sp³-hybridized carbons (Fsp3) is 0.212. The molecule has 4 amide bonds. The van der Waals surface area contributed by atoms with Gasteiger partial charge in [-0.1, -0.05) is 36.4 Å². The number of para-hydroxylation sites is 1. The molecule has 0 aliphatic carbocycles. The number of benzene rings is 3. The summed E-state index contributed by atoms with van der Waals surface area (Å²) >= 11 is 0. The van der Waals surface area contributed by atoms with Crippen molar-refractivity contribution in [1.29, 1.82) is 5.26 Å². The summed E-state index contributed by atoms with van der Waals surface area (Å²) in [5, 5.41) is 16.5. The van der Waals surface area contributed by atoms with E-state index in [1.54, 1.807) is 43.3 Å². The lowest BCUT2D eigenvalue weighted by molar-refractivity contribution is -0.137. The lowest BCUT2D eigenvalue weighted by atomic mass is 9.80. The molecule has 3 aromatic carbocycles.